The van der Waals surface area contributed by atoms with Crippen LogP contribution >= 0.6 is 11.6 Å². The second-order valence-electron chi connectivity index (χ2n) is 2.88. The van der Waals surface area contributed by atoms with Crippen molar-refractivity contribution in [2.24, 2.45) is 0 Å². The number of nitriles is 1. The number of hydrazine groups is 1. The van der Waals surface area contributed by atoms with E-state index in [9.17, 15) is 18.7 Å². The summed E-state index contributed by atoms with van der Waals surface area (Å²) in [6.45, 7) is 1.09. The molecule has 0 saturated heterocycles. The first kappa shape index (κ1) is 14.0. The summed E-state index contributed by atoms with van der Waals surface area (Å²) >= 11 is 4.63. The Balaban J connectivity index is 4.83. The highest BCUT2D eigenvalue weighted by Crippen LogP contribution is 2.33. The van der Waals surface area contributed by atoms with Crippen LogP contribution in [0.5, 0.6) is 0 Å². The van der Waals surface area contributed by atoms with E-state index in [1.54, 1.807) is 5.43 Å². The molecule has 0 aliphatic heterocycles. The molecule has 0 fully saturated rings. The molecule has 86 valence electrons. The first-order chi connectivity index (χ1) is 6.64. The molecule has 0 spiro atoms. The first-order valence-corrected chi connectivity index (χ1v) is 4.20. The standard InChI is InChI=1S/C7H10ClF2N3O2/c1-5(14)13(2)12-6(15,3-4-11)7(8,9)10/h12,15H,3H2,1-2H3. The van der Waals surface area contributed by atoms with Gasteiger partial charge in [-0.25, -0.2) is 0 Å². The van der Waals surface area contributed by atoms with Crippen molar-refractivity contribution in [3.8, 4) is 6.07 Å². The van der Waals surface area contributed by atoms with Gasteiger partial charge in [0.15, 0.2) is 0 Å². The SMILES string of the molecule is CC(=O)N(C)NC(O)(CC#N)C(F)(F)Cl. The maximum atomic E-state index is 12.7. The van der Waals surface area contributed by atoms with Gasteiger partial charge < -0.3 is 5.11 Å². The highest BCUT2D eigenvalue weighted by molar-refractivity contribution is 6.22. The van der Waals surface area contributed by atoms with Gasteiger partial charge in [-0.2, -0.15) is 19.5 Å². The molecule has 1 amide bonds. The lowest BCUT2D eigenvalue weighted by atomic mass is 10.2. The fraction of sp³-hybridized carbons (Fsp3) is 0.714. The van der Waals surface area contributed by atoms with Crippen LogP contribution in [0.3, 0.4) is 0 Å². The van der Waals surface area contributed by atoms with Crippen molar-refractivity contribution in [2.75, 3.05) is 7.05 Å². The number of carbonyl (C=O) groups is 1. The summed E-state index contributed by atoms with van der Waals surface area (Å²) in [7, 11) is 1.12. The molecule has 0 saturated carbocycles. The molecule has 8 heteroatoms. The summed E-state index contributed by atoms with van der Waals surface area (Å²) in [5, 5.41) is 14.2. The Kier molecular flexibility index (Phi) is 4.40. The zero-order valence-corrected chi connectivity index (χ0v) is 8.85. The van der Waals surface area contributed by atoms with Crippen LogP contribution in [0.2, 0.25) is 0 Å². The third kappa shape index (κ3) is 3.58. The van der Waals surface area contributed by atoms with Crippen molar-refractivity contribution >= 4 is 17.5 Å². The van der Waals surface area contributed by atoms with Crippen LogP contribution in [0.4, 0.5) is 8.78 Å². The number of amides is 1. The van der Waals surface area contributed by atoms with Crippen LogP contribution in [0.15, 0.2) is 0 Å². The fourth-order valence-electron chi connectivity index (χ4n) is 0.674. The number of hydrogen-bond acceptors (Lipinski definition) is 4. The van der Waals surface area contributed by atoms with E-state index in [1.165, 1.54) is 6.07 Å². The zero-order valence-electron chi connectivity index (χ0n) is 8.09. The lowest BCUT2D eigenvalue weighted by Crippen LogP contribution is -2.62. The summed E-state index contributed by atoms with van der Waals surface area (Å²) in [5.41, 5.74) is -1.21. The predicted octanol–water partition coefficient (Wildman–Crippen LogP) is 0.403. The van der Waals surface area contributed by atoms with Crippen molar-refractivity contribution in [1.29, 1.82) is 5.26 Å². The van der Waals surface area contributed by atoms with E-state index in [4.69, 9.17) is 5.26 Å². The van der Waals surface area contributed by atoms with Gasteiger partial charge in [-0.3, -0.25) is 9.80 Å². The Bertz CT molecular complexity index is 289. The van der Waals surface area contributed by atoms with Gasteiger partial charge >= 0.3 is 5.38 Å². The van der Waals surface area contributed by atoms with Crippen LogP contribution in [0.1, 0.15) is 13.3 Å². The van der Waals surface area contributed by atoms with E-state index in [2.05, 4.69) is 11.6 Å². The fourth-order valence-corrected chi connectivity index (χ4v) is 0.783. The number of halogens is 3. The van der Waals surface area contributed by atoms with Crippen LogP contribution in [0, 0.1) is 11.3 Å². The molecule has 1 atom stereocenters. The largest absolute Gasteiger partial charge is 0.367 e. The van der Waals surface area contributed by atoms with Crippen LogP contribution < -0.4 is 5.43 Å². The average molecular weight is 242 g/mol. The second-order valence-corrected chi connectivity index (χ2v) is 3.36. The van der Waals surface area contributed by atoms with E-state index in [-0.39, 0.29) is 0 Å². The molecule has 0 aliphatic carbocycles. The third-order valence-corrected chi connectivity index (χ3v) is 1.94. The molecule has 1 unspecified atom stereocenters. The Morgan fingerprint density at radius 2 is 2.20 bits per heavy atom. The van der Waals surface area contributed by atoms with Gasteiger partial charge in [0, 0.05) is 14.0 Å². The molecule has 0 bridgehead atoms. The van der Waals surface area contributed by atoms with Gasteiger partial charge in [-0.15, -0.1) is 0 Å². The summed E-state index contributed by atoms with van der Waals surface area (Å²) in [5.74, 6) is -0.618. The number of aliphatic hydroxyl groups is 1. The van der Waals surface area contributed by atoms with Gasteiger partial charge in [0.2, 0.25) is 11.6 Å². The molecule has 5 nitrogen and oxygen atoms in total. The first-order valence-electron chi connectivity index (χ1n) is 3.82. The Morgan fingerprint density at radius 3 is 2.47 bits per heavy atom. The van der Waals surface area contributed by atoms with Crippen molar-refractivity contribution in [3.05, 3.63) is 0 Å². The number of nitrogens with zero attached hydrogens (tertiary/aromatic N) is 2. The van der Waals surface area contributed by atoms with E-state index < -0.39 is 23.4 Å². The molecule has 0 radical (unpaired) electrons. The van der Waals surface area contributed by atoms with Gasteiger partial charge in [-0.1, -0.05) is 0 Å². The quantitative estimate of drug-likeness (QED) is 0.424. The van der Waals surface area contributed by atoms with Crippen molar-refractivity contribution in [3.63, 3.8) is 0 Å². The number of nitrogens with one attached hydrogen (secondary N) is 1. The number of hydrogen-bond donors (Lipinski definition) is 2. The highest BCUT2D eigenvalue weighted by Gasteiger charge is 2.52. The van der Waals surface area contributed by atoms with Crippen LogP contribution in [0.25, 0.3) is 0 Å². The molecular formula is C7H10ClF2N3O2. The maximum Gasteiger partial charge on any atom is 0.365 e. The van der Waals surface area contributed by atoms with Gasteiger partial charge in [0.1, 0.15) is 0 Å². The van der Waals surface area contributed by atoms with Crippen LogP contribution in [-0.4, -0.2) is 34.2 Å². The monoisotopic (exact) mass is 241 g/mol. The second kappa shape index (κ2) is 4.70. The lowest BCUT2D eigenvalue weighted by molar-refractivity contribution is -0.179. The molecular weight excluding hydrogens is 232 g/mol. The summed E-state index contributed by atoms with van der Waals surface area (Å²) in [6, 6.07) is 1.34. The molecule has 0 aromatic heterocycles. The van der Waals surface area contributed by atoms with Gasteiger partial charge in [0.25, 0.3) is 0 Å². The van der Waals surface area contributed by atoms with Gasteiger partial charge in [0.05, 0.1) is 12.5 Å². The van der Waals surface area contributed by atoms with Crippen LogP contribution in [-0.2, 0) is 4.79 Å². The topological polar surface area (TPSA) is 76.4 Å². The molecule has 0 aromatic rings. The van der Waals surface area contributed by atoms with Crippen molar-refractivity contribution in [1.82, 2.24) is 10.4 Å². The molecule has 0 heterocycles. The lowest BCUT2D eigenvalue weighted by Gasteiger charge is -2.34. The van der Waals surface area contributed by atoms with E-state index >= 15 is 0 Å². The van der Waals surface area contributed by atoms with Crippen molar-refractivity contribution in [2.45, 2.75) is 24.5 Å². The Hall–Kier alpha value is -0.970. The molecule has 0 rings (SSSR count). The number of carbonyl (C=O) groups excluding carboxylic acids is 1. The van der Waals surface area contributed by atoms with E-state index in [0.717, 1.165) is 14.0 Å². The minimum atomic E-state index is -4.08. The van der Waals surface area contributed by atoms with E-state index in [0.29, 0.717) is 5.01 Å². The average Bonchev–Trinajstić information content (AvgIpc) is 2.02. The third-order valence-electron chi connectivity index (χ3n) is 1.63. The highest BCUT2D eigenvalue weighted by atomic mass is 35.5. The summed E-state index contributed by atoms with van der Waals surface area (Å²) in [4.78, 5) is 10.7. The summed E-state index contributed by atoms with van der Waals surface area (Å²) in [6.07, 6.45) is -0.971. The smallest absolute Gasteiger partial charge is 0.365 e. The molecule has 0 aromatic carbocycles. The molecule has 2 N–H and O–H groups in total. The maximum absolute atomic E-state index is 12.7. The zero-order chi connectivity index (χ0) is 12.3. The minimum Gasteiger partial charge on any atom is -0.367 e. The van der Waals surface area contributed by atoms with Gasteiger partial charge in [-0.05, 0) is 11.6 Å². The summed E-state index contributed by atoms with van der Waals surface area (Å²) < 4.78 is 25.5. The van der Waals surface area contributed by atoms with E-state index in [1.807, 2.05) is 0 Å². The molecule has 15 heavy (non-hydrogen) atoms. The Morgan fingerprint density at radius 1 is 1.73 bits per heavy atom. The normalized spacial score (nSPS) is 15.3. The molecule has 0 aliphatic rings. The minimum absolute atomic E-state index is 0.618. The predicted molar refractivity (Wildman–Crippen MR) is 47.6 cm³/mol. The number of rotatable bonds is 4. The van der Waals surface area contributed by atoms with Crippen molar-refractivity contribution < 1.29 is 18.7 Å². The number of alkyl halides is 3. The Labute approximate surface area is 90.2 Å².